The van der Waals surface area contributed by atoms with Crippen LogP contribution in [0.5, 0.6) is 0 Å². The van der Waals surface area contributed by atoms with Crippen LogP contribution in [0.15, 0.2) is 0 Å². The van der Waals surface area contributed by atoms with Crippen LogP contribution in [0.1, 0.15) is 46.5 Å². The molecule has 3 amide bonds. The summed E-state index contributed by atoms with van der Waals surface area (Å²) in [5.74, 6) is -0.458. The van der Waals surface area contributed by atoms with E-state index in [1.54, 1.807) is 27.9 Å². The third-order valence-electron chi connectivity index (χ3n) is 4.72. The number of rotatable bonds is 24. The minimum atomic E-state index is -1.64. The number of methoxy groups -OCH3 is 1. The molecule has 13 heteroatoms. The van der Waals surface area contributed by atoms with Gasteiger partial charge >= 0.3 is 12.3 Å². The zero-order valence-electron chi connectivity index (χ0n) is 23.5. The molecule has 224 valence electrons. The van der Waals surface area contributed by atoms with E-state index in [9.17, 15) is 18.8 Å². The molecular formula is C25H48FN3O9. The summed E-state index contributed by atoms with van der Waals surface area (Å²) in [6.45, 7) is 9.88. The van der Waals surface area contributed by atoms with Gasteiger partial charge in [-0.1, -0.05) is 12.8 Å². The summed E-state index contributed by atoms with van der Waals surface area (Å²) < 4.78 is 44.7. The highest BCUT2D eigenvalue weighted by atomic mass is 19.1. The first kappa shape index (κ1) is 35.9. The molecule has 0 aliphatic heterocycles. The lowest BCUT2D eigenvalue weighted by atomic mass is 10.2. The number of hydrogen-bond donors (Lipinski definition) is 2. The molecule has 0 radical (unpaired) electrons. The summed E-state index contributed by atoms with van der Waals surface area (Å²) in [7, 11) is 1.62. The average Bonchev–Trinajstić information content (AvgIpc) is 2.83. The summed E-state index contributed by atoms with van der Waals surface area (Å²) in [6.07, 6.45) is 0.692. The summed E-state index contributed by atoms with van der Waals surface area (Å²) in [5.41, 5.74) is -0.544. The number of unbranched alkanes of at least 4 members (excludes halogenated alkanes) is 3. The van der Waals surface area contributed by atoms with E-state index in [4.69, 9.17) is 28.4 Å². The Morgan fingerprint density at radius 2 is 1.24 bits per heavy atom. The molecule has 0 saturated heterocycles. The Morgan fingerprint density at radius 1 is 0.711 bits per heavy atom. The smallest absolute Gasteiger partial charge is 0.407 e. The highest BCUT2D eigenvalue weighted by Crippen LogP contribution is 2.07. The number of ether oxygens (including phenoxy) is 6. The summed E-state index contributed by atoms with van der Waals surface area (Å²) >= 11 is 0. The van der Waals surface area contributed by atoms with Crippen molar-refractivity contribution in [2.75, 3.05) is 92.8 Å². The standard InChI is InChI=1S/C25H48FN3O9/c1-25(2,3)38-24(32)28-9-7-5-6-8-11-29(23(26)31)21-22(30)27-10-12-34-15-16-36-19-20-37-18-17-35-14-13-33-4/h5-21H2,1-4H3,(H,27,30)(H,28,32). The molecule has 0 aromatic carbocycles. The number of hydrogen-bond acceptors (Lipinski definition) is 9. The molecule has 12 nitrogen and oxygen atoms in total. The number of nitrogens with one attached hydrogen (secondary N) is 2. The van der Waals surface area contributed by atoms with Gasteiger partial charge in [0, 0.05) is 26.7 Å². The van der Waals surface area contributed by atoms with Crippen molar-refractivity contribution in [2.24, 2.45) is 0 Å². The van der Waals surface area contributed by atoms with Crippen LogP contribution in [-0.4, -0.2) is 121 Å². The number of carbonyl (C=O) groups excluding carboxylic acids is 3. The maximum atomic E-state index is 13.3. The van der Waals surface area contributed by atoms with Crippen LogP contribution in [0.2, 0.25) is 0 Å². The summed E-state index contributed by atoms with van der Waals surface area (Å²) in [6, 6.07) is 0. The molecule has 0 aliphatic carbocycles. The normalized spacial score (nSPS) is 11.3. The Balaban J connectivity index is 3.64. The molecule has 0 aliphatic rings. The largest absolute Gasteiger partial charge is 0.444 e. The lowest BCUT2D eigenvalue weighted by molar-refractivity contribution is -0.122. The Morgan fingerprint density at radius 3 is 1.76 bits per heavy atom. The van der Waals surface area contributed by atoms with Gasteiger partial charge in [0.05, 0.1) is 59.5 Å². The van der Waals surface area contributed by atoms with Gasteiger partial charge in [-0.05, 0) is 33.6 Å². The molecule has 0 bridgehead atoms. The number of amides is 3. The van der Waals surface area contributed by atoms with Gasteiger partial charge in [-0.3, -0.25) is 4.79 Å². The summed E-state index contributed by atoms with van der Waals surface area (Å²) in [4.78, 5) is 35.6. The van der Waals surface area contributed by atoms with E-state index < -0.39 is 23.8 Å². The fraction of sp³-hybridized carbons (Fsp3) is 0.880. The highest BCUT2D eigenvalue weighted by molar-refractivity contribution is 5.81. The monoisotopic (exact) mass is 553 g/mol. The highest BCUT2D eigenvalue weighted by Gasteiger charge is 2.17. The Labute approximate surface area is 226 Å². The van der Waals surface area contributed by atoms with Crippen LogP contribution < -0.4 is 10.6 Å². The van der Waals surface area contributed by atoms with Gasteiger partial charge in [0.25, 0.3) is 0 Å². The van der Waals surface area contributed by atoms with E-state index in [2.05, 4.69) is 10.6 Å². The van der Waals surface area contributed by atoms with Crippen molar-refractivity contribution in [3.05, 3.63) is 0 Å². The Bertz CT molecular complexity index is 621. The van der Waals surface area contributed by atoms with Crippen molar-refractivity contribution in [3.63, 3.8) is 0 Å². The van der Waals surface area contributed by atoms with Crippen LogP contribution in [0, 0.1) is 0 Å². The van der Waals surface area contributed by atoms with E-state index in [0.29, 0.717) is 65.8 Å². The van der Waals surface area contributed by atoms with Crippen molar-refractivity contribution in [1.82, 2.24) is 15.5 Å². The molecule has 0 aromatic rings. The summed E-state index contributed by atoms with van der Waals surface area (Å²) in [5, 5.41) is 5.27. The van der Waals surface area contributed by atoms with Crippen LogP contribution in [0.25, 0.3) is 0 Å². The first-order chi connectivity index (χ1) is 18.2. The van der Waals surface area contributed by atoms with Crippen molar-refractivity contribution in [3.8, 4) is 0 Å². The van der Waals surface area contributed by atoms with Crippen molar-refractivity contribution in [2.45, 2.75) is 52.1 Å². The maximum absolute atomic E-state index is 13.3. The number of alkyl carbamates (subject to hydrolysis) is 1. The fourth-order valence-electron chi connectivity index (χ4n) is 2.91. The van der Waals surface area contributed by atoms with Gasteiger partial charge in [0.2, 0.25) is 5.91 Å². The molecular weight excluding hydrogens is 505 g/mol. The molecule has 0 heterocycles. The van der Waals surface area contributed by atoms with Gasteiger partial charge in [-0.2, -0.15) is 0 Å². The quantitative estimate of drug-likeness (QED) is 0.105. The van der Waals surface area contributed by atoms with E-state index in [1.165, 1.54) is 0 Å². The van der Waals surface area contributed by atoms with Gasteiger partial charge in [-0.25, -0.2) is 9.59 Å². The number of carbonyl (C=O) groups is 3. The predicted molar refractivity (Wildman–Crippen MR) is 139 cm³/mol. The second-order valence-corrected chi connectivity index (χ2v) is 9.31. The first-order valence-electron chi connectivity index (χ1n) is 13.1. The molecule has 0 spiro atoms. The van der Waals surface area contributed by atoms with Crippen LogP contribution in [0.4, 0.5) is 14.0 Å². The minimum absolute atomic E-state index is 0.140. The van der Waals surface area contributed by atoms with E-state index in [-0.39, 0.29) is 26.2 Å². The lowest BCUT2D eigenvalue weighted by Crippen LogP contribution is -2.40. The van der Waals surface area contributed by atoms with Gasteiger partial charge in [0.1, 0.15) is 12.1 Å². The molecule has 38 heavy (non-hydrogen) atoms. The third-order valence-corrected chi connectivity index (χ3v) is 4.72. The predicted octanol–water partition coefficient (Wildman–Crippen LogP) is 2.29. The SMILES string of the molecule is COCCOCCOCCOCCOCCNC(=O)CN(CCCCCCNC(=O)OC(C)(C)C)C(=O)F. The second-order valence-electron chi connectivity index (χ2n) is 9.31. The van der Waals surface area contributed by atoms with Gasteiger partial charge in [-0.15, -0.1) is 4.39 Å². The van der Waals surface area contributed by atoms with E-state index >= 15 is 0 Å². The van der Waals surface area contributed by atoms with Gasteiger partial charge < -0.3 is 44.0 Å². The van der Waals surface area contributed by atoms with E-state index in [1.807, 2.05) is 0 Å². The maximum Gasteiger partial charge on any atom is 0.407 e. The molecule has 0 unspecified atom stereocenters. The zero-order valence-corrected chi connectivity index (χ0v) is 23.5. The van der Waals surface area contributed by atoms with Crippen LogP contribution >= 0.6 is 0 Å². The Hall–Kier alpha value is -2.06. The molecule has 0 atom stereocenters. The van der Waals surface area contributed by atoms with Crippen molar-refractivity contribution in [1.29, 1.82) is 0 Å². The second kappa shape index (κ2) is 24.0. The zero-order chi connectivity index (χ0) is 28.5. The first-order valence-corrected chi connectivity index (χ1v) is 13.1. The molecule has 0 aromatic heterocycles. The van der Waals surface area contributed by atoms with Crippen LogP contribution in [0.3, 0.4) is 0 Å². The topological polar surface area (TPSA) is 134 Å². The van der Waals surface area contributed by atoms with Gasteiger partial charge in [0.15, 0.2) is 0 Å². The van der Waals surface area contributed by atoms with E-state index in [0.717, 1.165) is 24.2 Å². The molecule has 0 rings (SSSR count). The lowest BCUT2D eigenvalue weighted by Gasteiger charge is -2.19. The molecule has 0 saturated carbocycles. The Kier molecular flexibility index (Phi) is 22.7. The van der Waals surface area contributed by atoms with Crippen molar-refractivity contribution >= 4 is 18.2 Å². The minimum Gasteiger partial charge on any atom is -0.444 e. The molecule has 0 fully saturated rings. The average molecular weight is 554 g/mol. The molecule has 2 N–H and O–H groups in total. The number of nitrogens with zero attached hydrogens (tertiary/aromatic N) is 1. The fourth-order valence-corrected chi connectivity index (χ4v) is 2.91. The van der Waals surface area contributed by atoms with Crippen molar-refractivity contribution < 1.29 is 47.2 Å². The number of halogens is 1. The third kappa shape index (κ3) is 25.6. The van der Waals surface area contributed by atoms with Crippen LogP contribution in [-0.2, 0) is 33.2 Å².